The Morgan fingerprint density at radius 1 is 0.667 bits per heavy atom. The second-order valence-electron chi connectivity index (χ2n) is 7.92. The Hall–Kier alpha value is -1.63. The third-order valence-corrected chi connectivity index (χ3v) is 5.67. The summed E-state index contributed by atoms with van der Waals surface area (Å²) in [5.41, 5.74) is 2.88. The topological polar surface area (TPSA) is 3.88 Å². The third kappa shape index (κ3) is 8.28. The Morgan fingerprint density at radius 2 is 1.22 bits per heavy atom. The Balaban J connectivity index is 1.64. The molecule has 0 saturated carbocycles. The number of hydrogen-bond acceptors (Lipinski definition) is 0. The number of aryl methyl sites for hydroxylation is 1. The summed E-state index contributed by atoms with van der Waals surface area (Å²) in [6.45, 7) is 4.56. The van der Waals surface area contributed by atoms with Crippen LogP contribution < -0.4 is 4.57 Å². The van der Waals surface area contributed by atoms with E-state index >= 15 is 0 Å². The van der Waals surface area contributed by atoms with Crippen molar-refractivity contribution in [2.45, 2.75) is 96.9 Å². The smallest absolute Gasteiger partial charge is 0.183 e. The number of unbranched alkanes of at least 4 members (excludes halogenated alkanes) is 9. The quantitative estimate of drug-likeness (QED) is 0.242. The van der Waals surface area contributed by atoms with E-state index in [1.807, 2.05) is 0 Å². The number of aromatic nitrogens is 1. The summed E-state index contributed by atoms with van der Waals surface area (Å²) in [7, 11) is 0. The molecule has 0 N–H and O–H groups in total. The van der Waals surface area contributed by atoms with Gasteiger partial charge in [-0.3, -0.25) is 0 Å². The first-order valence-electron chi connectivity index (χ1n) is 11.4. The van der Waals surface area contributed by atoms with Crippen LogP contribution in [0.5, 0.6) is 0 Å². The molecule has 0 aliphatic heterocycles. The van der Waals surface area contributed by atoms with Crippen LogP contribution in [0.1, 0.15) is 102 Å². The zero-order chi connectivity index (χ0) is 19.2. The monoisotopic (exact) mass is 366 g/mol. The highest BCUT2D eigenvalue weighted by Gasteiger charge is 2.17. The molecule has 1 atom stereocenters. The van der Waals surface area contributed by atoms with Gasteiger partial charge in [-0.2, -0.15) is 4.57 Å². The van der Waals surface area contributed by atoms with Crippen molar-refractivity contribution >= 4 is 0 Å². The van der Waals surface area contributed by atoms with Crippen molar-refractivity contribution in [1.82, 2.24) is 0 Å². The first kappa shape index (κ1) is 21.7. The summed E-state index contributed by atoms with van der Waals surface area (Å²) < 4.78 is 2.36. The van der Waals surface area contributed by atoms with Crippen LogP contribution in [0.2, 0.25) is 0 Å². The number of benzene rings is 1. The molecule has 2 rings (SSSR count). The molecule has 1 nitrogen and oxygen atoms in total. The van der Waals surface area contributed by atoms with E-state index in [0.29, 0.717) is 6.04 Å². The molecule has 1 heterocycles. The van der Waals surface area contributed by atoms with Gasteiger partial charge in [-0.25, -0.2) is 0 Å². The molecule has 1 aromatic heterocycles. The zero-order valence-corrected chi connectivity index (χ0v) is 17.7. The molecule has 27 heavy (non-hydrogen) atoms. The minimum atomic E-state index is 0.442. The first-order valence-corrected chi connectivity index (χ1v) is 11.4. The Bertz CT molecular complexity index is 587. The van der Waals surface area contributed by atoms with Gasteiger partial charge in [0.05, 0.1) is 0 Å². The van der Waals surface area contributed by atoms with Crippen LogP contribution in [-0.2, 0) is 6.42 Å². The van der Waals surface area contributed by atoms with Gasteiger partial charge in [0.2, 0.25) is 0 Å². The average molecular weight is 367 g/mol. The zero-order valence-electron chi connectivity index (χ0n) is 17.7. The van der Waals surface area contributed by atoms with Gasteiger partial charge in [-0.15, -0.1) is 0 Å². The molecular formula is C26H40N+. The van der Waals surface area contributed by atoms with Crippen LogP contribution in [0.15, 0.2) is 54.9 Å². The van der Waals surface area contributed by atoms with E-state index in [4.69, 9.17) is 0 Å². The van der Waals surface area contributed by atoms with E-state index < -0.39 is 0 Å². The Morgan fingerprint density at radius 3 is 1.78 bits per heavy atom. The van der Waals surface area contributed by atoms with Crippen molar-refractivity contribution in [3.8, 4) is 0 Å². The number of pyridine rings is 1. The minimum absolute atomic E-state index is 0.442. The lowest BCUT2D eigenvalue weighted by atomic mass is 10.0. The van der Waals surface area contributed by atoms with Crippen molar-refractivity contribution < 1.29 is 4.57 Å². The number of hydrogen-bond donors (Lipinski definition) is 0. The lowest BCUT2D eigenvalue weighted by Gasteiger charge is -2.11. The molecular weight excluding hydrogens is 326 g/mol. The average Bonchev–Trinajstić information content (AvgIpc) is 2.72. The number of nitrogens with zero attached hydrogens (tertiary/aromatic N) is 1. The van der Waals surface area contributed by atoms with Crippen LogP contribution in [-0.4, -0.2) is 0 Å². The summed E-state index contributed by atoms with van der Waals surface area (Å²) in [6, 6.07) is 15.9. The summed E-state index contributed by atoms with van der Waals surface area (Å²) >= 11 is 0. The van der Waals surface area contributed by atoms with Gasteiger partial charge in [0.15, 0.2) is 18.4 Å². The molecule has 0 saturated heterocycles. The highest BCUT2D eigenvalue weighted by molar-refractivity contribution is 5.17. The molecule has 1 heteroatoms. The summed E-state index contributed by atoms with van der Waals surface area (Å²) in [4.78, 5) is 0. The van der Waals surface area contributed by atoms with E-state index in [9.17, 15) is 0 Å². The van der Waals surface area contributed by atoms with Gasteiger partial charge in [0, 0.05) is 24.1 Å². The van der Waals surface area contributed by atoms with Gasteiger partial charge in [0.25, 0.3) is 0 Å². The lowest BCUT2D eigenvalue weighted by Crippen LogP contribution is -2.39. The largest absolute Gasteiger partial charge is 0.198 e. The molecule has 0 aliphatic rings. The van der Waals surface area contributed by atoms with E-state index in [-0.39, 0.29) is 0 Å². The lowest BCUT2D eigenvalue weighted by molar-refractivity contribution is -0.714. The molecule has 1 aromatic carbocycles. The fraction of sp³-hybridized carbons (Fsp3) is 0.577. The van der Waals surface area contributed by atoms with Crippen molar-refractivity contribution in [2.24, 2.45) is 0 Å². The molecule has 148 valence electrons. The van der Waals surface area contributed by atoms with Crippen molar-refractivity contribution in [3.63, 3.8) is 0 Å². The van der Waals surface area contributed by atoms with E-state index in [1.165, 1.54) is 81.8 Å². The van der Waals surface area contributed by atoms with Gasteiger partial charge >= 0.3 is 0 Å². The summed E-state index contributed by atoms with van der Waals surface area (Å²) in [5, 5.41) is 0. The van der Waals surface area contributed by atoms with E-state index in [0.717, 1.165) is 6.42 Å². The fourth-order valence-corrected chi connectivity index (χ4v) is 3.95. The molecule has 2 aromatic rings. The van der Waals surface area contributed by atoms with Crippen LogP contribution in [0, 0.1) is 0 Å². The normalized spacial score (nSPS) is 12.2. The summed E-state index contributed by atoms with van der Waals surface area (Å²) in [6.07, 6.45) is 21.0. The third-order valence-electron chi connectivity index (χ3n) is 5.67. The molecule has 0 bridgehead atoms. The number of rotatable bonds is 14. The maximum Gasteiger partial charge on any atom is 0.183 e. The standard InChI is InChI=1S/C26H40N/c1-3-5-6-7-8-9-10-11-12-14-17-24-20-22-27(23-21-24)26(4-2)25-18-15-13-16-19-25/h13,15-16,18-23,26H,3-12,14,17H2,1-2H3/q+1. The Kier molecular flexibility index (Phi) is 10.9. The van der Waals surface area contributed by atoms with E-state index in [1.54, 1.807) is 0 Å². The van der Waals surface area contributed by atoms with Crippen LogP contribution >= 0.6 is 0 Å². The van der Waals surface area contributed by atoms with Crippen molar-refractivity contribution in [3.05, 3.63) is 66.0 Å². The van der Waals surface area contributed by atoms with Crippen LogP contribution in [0.25, 0.3) is 0 Å². The van der Waals surface area contributed by atoms with Crippen molar-refractivity contribution in [2.75, 3.05) is 0 Å². The SMILES string of the molecule is CCCCCCCCCCCCc1cc[n+](C(CC)c2ccccc2)cc1. The second-order valence-corrected chi connectivity index (χ2v) is 7.92. The Labute approximate surface area is 167 Å². The van der Waals surface area contributed by atoms with Gasteiger partial charge < -0.3 is 0 Å². The highest BCUT2D eigenvalue weighted by Crippen LogP contribution is 2.16. The molecule has 0 spiro atoms. The second kappa shape index (κ2) is 13.5. The molecule has 0 fully saturated rings. The van der Waals surface area contributed by atoms with Gasteiger partial charge in [0.1, 0.15) is 0 Å². The summed E-state index contributed by atoms with van der Waals surface area (Å²) in [5.74, 6) is 0. The first-order chi connectivity index (χ1) is 13.3. The predicted octanol–water partition coefficient (Wildman–Crippen LogP) is 7.44. The molecule has 0 amide bonds. The maximum absolute atomic E-state index is 2.36. The molecule has 0 aliphatic carbocycles. The van der Waals surface area contributed by atoms with Crippen LogP contribution in [0.3, 0.4) is 0 Å². The fourth-order valence-electron chi connectivity index (χ4n) is 3.95. The molecule has 0 radical (unpaired) electrons. The van der Waals surface area contributed by atoms with Crippen LogP contribution in [0.4, 0.5) is 0 Å². The van der Waals surface area contributed by atoms with Crippen molar-refractivity contribution in [1.29, 1.82) is 0 Å². The minimum Gasteiger partial charge on any atom is -0.198 e. The predicted molar refractivity (Wildman–Crippen MR) is 117 cm³/mol. The maximum atomic E-state index is 2.36. The molecule has 1 unspecified atom stereocenters. The van der Waals surface area contributed by atoms with E-state index in [2.05, 4.69) is 73.3 Å². The highest BCUT2D eigenvalue weighted by atomic mass is 15.0. The van der Waals surface area contributed by atoms with Gasteiger partial charge in [-0.1, -0.05) is 102 Å². The van der Waals surface area contributed by atoms with Gasteiger partial charge in [-0.05, 0) is 18.4 Å².